The minimum Gasteiger partial charge on any atom is -0.351 e. The van der Waals surface area contributed by atoms with Crippen LogP contribution in [0.3, 0.4) is 0 Å². The Labute approximate surface area is 112 Å². The molecule has 19 heavy (non-hydrogen) atoms. The standard InChI is InChI=1S/C14H10F2N2S/c15-10-4-1-3-9(14(10)16)13(11-7-17-8-18-11)12-5-2-6-19-12/h1-8,13H,(H,17,18). The predicted molar refractivity (Wildman–Crippen MR) is 70.2 cm³/mol. The number of H-pyrrole nitrogens is 1. The molecule has 0 aliphatic carbocycles. The van der Waals surface area contributed by atoms with Crippen LogP contribution in [0.4, 0.5) is 8.78 Å². The van der Waals surface area contributed by atoms with E-state index in [0.29, 0.717) is 11.3 Å². The van der Waals surface area contributed by atoms with Gasteiger partial charge in [-0.3, -0.25) is 0 Å². The first-order valence-corrected chi connectivity index (χ1v) is 6.61. The van der Waals surface area contributed by atoms with Crippen LogP contribution in [-0.4, -0.2) is 9.97 Å². The molecule has 96 valence electrons. The van der Waals surface area contributed by atoms with Crippen LogP contribution in [0.2, 0.25) is 0 Å². The maximum Gasteiger partial charge on any atom is 0.163 e. The maximum absolute atomic E-state index is 14.0. The van der Waals surface area contributed by atoms with Crippen molar-refractivity contribution in [2.75, 3.05) is 0 Å². The Morgan fingerprint density at radius 2 is 2.05 bits per heavy atom. The number of benzene rings is 1. The number of rotatable bonds is 3. The molecule has 0 radical (unpaired) electrons. The second-order valence-electron chi connectivity index (χ2n) is 4.09. The third-order valence-corrected chi connectivity index (χ3v) is 3.87. The maximum atomic E-state index is 14.0. The second-order valence-corrected chi connectivity index (χ2v) is 5.06. The SMILES string of the molecule is Fc1cccc(C(c2c[nH]cn2)c2cccs2)c1F. The normalized spacial score (nSPS) is 12.5. The molecule has 2 nitrogen and oxygen atoms in total. The molecule has 0 fully saturated rings. The molecule has 1 unspecified atom stereocenters. The zero-order chi connectivity index (χ0) is 13.2. The second kappa shape index (κ2) is 4.93. The topological polar surface area (TPSA) is 28.7 Å². The van der Waals surface area contributed by atoms with Crippen molar-refractivity contribution in [2.45, 2.75) is 5.92 Å². The monoisotopic (exact) mass is 276 g/mol. The van der Waals surface area contributed by atoms with Crippen LogP contribution in [-0.2, 0) is 0 Å². The summed E-state index contributed by atoms with van der Waals surface area (Å²) in [6.45, 7) is 0. The number of hydrogen-bond acceptors (Lipinski definition) is 2. The number of nitrogens with one attached hydrogen (secondary N) is 1. The minimum absolute atomic E-state index is 0.301. The van der Waals surface area contributed by atoms with Crippen molar-refractivity contribution in [3.8, 4) is 0 Å². The van der Waals surface area contributed by atoms with Crippen molar-refractivity contribution >= 4 is 11.3 Å². The average Bonchev–Trinajstić information content (AvgIpc) is 3.08. The summed E-state index contributed by atoms with van der Waals surface area (Å²) in [5.74, 6) is -2.04. The van der Waals surface area contributed by atoms with Gasteiger partial charge >= 0.3 is 0 Å². The molecule has 1 aromatic carbocycles. The zero-order valence-corrected chi connectivity index (χ0v) is 10.6. The summed E-state index contributed by atoms with van der Waals surface area (Å²) < 4.78 is 27.5. The average molecular weight is 276 g/mol. The number of halogens is 2. The van der Waals surface area contributed by atoms with Crippen molar-refractivity contribution in [2.24, 2.45) is 0 Å². The van der Waals surface area contributed by atoms with Crippen molar-refractivity contribution in [3.63, 3.8) is 0 Å². The fourth-order valence-electron chi connectivity index (χ4n) is 2.09. The molecule has 2 heterocycles. The molecule has 1 N–H and O–H groups in total. The Hall–Kier alpha value is -2.01. The van der Waals surface area contributed by atoms with Gasteiger partial charge in [-0.1, -0.05) is 18.2 Å². The summed E-state index contributed by atoms with van der Waals surface area (Å²) >= 11 is 1.50. The molecule has 3 rings (SSSR count). The quantitative estimate of drug-likeness (QED) is 0.771. The van der Waals surface area contributed by atoms with Crippen LogP contribution in [0.5, 0.6) is 0 Å². The van der Waals surface area contributed by atoms with Gasteiger partial charge < -0.3 is 4.98 Å². The molecule has 0 saturated carbocycles. The van der Waals surface area contributed by atoms with E-state index in [2.05, 4.69) is 9.97 Å². The molecule has 3 aromatic rings. The van der Waals surface area contributed by atoms with E-state index < -0.39 is 11.6 Å². The molecule has 5 heteroatoms. The highest BCUT2D eigenvalue weighted by molar-refractivity contribution is 7.10. The number of aromatic amines is 1. The van der Waals surface area contributed by atoms with Crippen molar-refractivity contribution < 1.29 is 8.78 Å². The van der Waals surface area contributed by atoms with E-state index in [1.807, 2.05) is 17.5 Å². The van der Waals surface area contributed by atoms with Crippen LogP contribution in [0.25, 0.3) is 0 Å². The smallest absolute Gasteiger partial charge is 0.163 e. The largest absolute Gasteiger partial charge is 0.351 e. The van der Waals surface area contributed by atoms with Crippen LogP contribution in [0.15, 0.2) is 48.2 Å². The van der Waals surface area contributed by atoms with Gasteiger partial charge in [0.1, 0.15) is 0 Å². The lowest BCUT2D eigenvalue weighted by atomic mass is 9.94. The molecular weight excluding hydrogens is 266 g/mol. The highest BCUT2D eigenvalue weighted by Gasteiger charge is 2.24. The molecule has 0 aliphatic rings. The number of hydrogen-bond donors (Lipinski definition) is 1. The highest BCUT2D eigenvalue weighted by atomic mass is 32.1. The van der Waals surface area contributed by atoms with Crippen LogP contribution in [0.1, 0.15) is 22.1 Å². The van der Waals surface area contributed by atoms with E-state index in [1.165, 1.54) is 23.7 Å². The Morgan fingerprint density at radius 3 is 2.74 bits per heavy atom. The van der Waals surface area contributed by atoms with E-state index in [-0.39, 0.29) is 5.92 Å². The van der Waals surface area contributed by atoms with Gasteiger partial charge in [-0.15, -0.1) is 11.3 Å². The fourth-order valence-corrected chi connectivity index (χ4v) is 2.94. The van der Waals surface area contributed by atoms with Gasteiger partial charge in [0, 0.05) is 16.6 Å². The molecule has 0 saturated heterocycles. The summed E-state index contributed by atoms with van der Waals surface area (Å²) in [5, 5.41) is 1.91. The van der Waals surface area contributed by atoms with Gasteiger partial charge in [0.25, 0.3) is 0 Å². The molecule has 2 aromatic heterocycles. The molecule has 1 atom stereocenters. The minimum atomic E-state index is -0.838. The van der Waals surface area contributed by atoms with Gasteiger partial charge in [0.2, 0.25) is 0 Å². The number of nitrogens with zero attached hydrogens (tertiary/aromatic N) is 1. The summed E-state index contributed by atoms with van der Waals surface area (Å²) in [6.07, 6.45) is 3.24. The third kappa shape index (κ3) is 2.17. The van der Waals surface area contributed by atoms with Crippen molar-refractivity contribution in [3.05, 3.63) is 76.0 Å². The number of imidazole rings is 1. The molecular formula is C14H10F2N2S. The number of aromatic nitrogens is 2. The zero-order valence-electron chi connectivity index (χ0n) is 9.81. The van der Waals surface area contributed by atoms with E-state index in [0.717, 1.165) is 10.9 Å². The van der Waals surface area contributed by atoms with Crippen LogP contribution in [0, 0.1) is 11.6 Å². The van der Waals surface area contributed by atoms with E-state index in [4.69, 9.17) is 0 Å². The summed E-state index contributed by atoms with van der Waals surface area (Å²) in [7, 11) is 0. The van der Waals surface area contributed by atoms with Crippen LogP contribution >= 0.6 is 11.3 Å². The first kappa shape index (κ1) is 12.0. The predicted octanol–water partition coefficient (Wildman–Crippen LogP) is 3.93. The fraction of sp³-hybridized carbons (Fsp3) is 0.0714. The molecule has 0 aliphatic heterocycles. The molecule has 0 amide bonds. The van der Waals surface area contributed by atoms with E-state index in [9.17, 15) is 8.78 Å². The van der Waals surface area contributed by atoms with Gasteiger partial charge in [-0.2, -0.15) is 0 Å². The summed E-state index contributed by atoms with van der Waals surface area (Å²) in [4.78, 5) is 7.96. The Kier molecular flexibility index (Phi) is 3.13. The molecule has 0 bridgehead atoms. The first-order chi connectivity index (χ1) is 9.27. The van der Waals surface area contributed by atoms with Gasteiger partial charge in [-0.05, 0) is 17.5 Å². The Balaban J connectivity index is 2.18. The van der Waals surface area contributed by atoms with Crippen molar-refractivity contribution in [1.29, 1.82) is 0 Å². The van der Waals surface area contributed by atoms with E-state index in [1.54, 1.807) is 12.3 Å². The molecule has 0 spiro atoms. The van der Waals surface area contributed by atoms with Gasteiger partial charge in [0.05, 0.1) is 17.9 Å². The van der Waals surface area contributed by atoms with Gasteiger partial charge in [-0.25, -0.2) is 13.8 Å². The first-order valence-electron chi connectivity index (χ1n) is 5.73. The summed E-state index contributed by atoms with van der Waals surface area (Å²) in [6, 6.07) is 8.01. The third-order valence-electron chi connectivity index (χ3n) is 2.94. The van der Waals surface area contributed by atoms with Gasteiger partial charge in [0.15, 0.2) is 11.6 Å². The number of thiophene rings is 1. The lowest BCUT2D eigenvalue weighted by Crippen LogP contribution is -2.06. The Bertz CT molecular complexity index is 629. The Morgan fingerprint density at radius 1 is 1.16 bits per heavy atom. The van der Waals surface area contributed by atoms with Crippen molar-refractivity contribution in [1.82, 2.24) is 9.97 Å². The summed E-state index contributed by atoms with van der Waals surface area (Å²) in [5.41, 5.74) is 0.974. The van der Waals surface area contributed by atoms with E-state index >= 15 is 0 Å². The lowest BCUT2D eigenvalue weighted by molar-refractivity contribution is 0.497. The lowest BCUT2D eigenvalue weighted by Gasteiger charge is -2.14. The highest BCUT2D eigenvalue weighted by Crippen LogP contribution is 2.35. The van der Waals surface area contributed by atoms with Crippen LogP contribution < -0.4 is 0 Å².